The number of amides is 1. The molecule has 1 unspecified atom stereocenters. The molecule has 0 aliphatic heterocycles. The van der Waals surface area contributed by atoms with Gasteiger partial charge in [0.25, 0.3) is 0 Å². The summed E-state index contributed by atoms with van der Waals surface area (Å²) < 4.78 is 6.72. The molecule has 0 saturated carbocycles. The van der Waals surface area contributed by atoms with Gasteiger partial charge in [-0.25, -0.2) is 4.79 Å². The van der Waals surface area contributed by atoms with Crippen LogP contribution in [0.1, 0.15) is 38.3 Å². The molecule has 136 valence electrons. The van der Waals surface area contributed by atoms with Crippen LogP contribution in [-0.4, -0.2) is 10.5 Å². The average Bonchev–Trinajstić information content (AvgIpc) is 2.95. The highest BCUT2D eigenvalue weighted by atomic mass is 16.4. The van der Waals surface area contributed by atoms with Crippen molar-refractivity contribution in [1.82, 2.24) is 9.88 Å². The second-order valence-corrected chi connectivity index (χ2v) is 6.90. The van der Waals surface area contributed by atoms with Crippen molar-refractivity contribution in [2.24, 2.45) is 5.92 Å². The Kier molecular flexibility index (Phi) is 5.56. The smallest absolute Gasteiger partial charge is 0.408 e. The van der Waals surface area contributed by atoms with Gasteiger partial charge >= 0.3 is 5.76 Å². The maximum atomic E-state index is 12.5. The second-order valence-electron chi connectivity index (χ2n) is 6.90. The van der Waals surface area contributed by atoms with Crippen LogP contribution in [0.25, 0.3) is 11.1 Å². The highest BCUT2D eigenvalue weighted by molar-refractivity contribution is 5.77. The highest BCUT2D eigenvalue weighted by Gasteiger charge is 2.17. The molecule has 1 aromatic heterocycles. The first-order chi connectivity index (χ1) is 12.5. The number of hydrogen-bond donors (Lipinski definition) is 1. The summed E-state index contributed by atoms with van der Waals surface area (Å²) in [6.45, 7) is 4.57. The number of para-hydroxylation sites is 2. The number of carbonyl (C=O) groups is 1. The molecule has 0 saturated heterocycles. The van der Waals surface area contributed by atoms with Crippen molar-refractivity contribution in [1.29, 1.82) is 0 Å². The summed E-state index contributed by atoms with van der Waals surface area (Å²) in [7, 11) is 0. The van der Waals surface area contributed by atoms with E-state index in [4.69, 9.17) is 4.42 Å². The van der Waals surface area contributed by atoms with Crippen molar-refractivity contribution in [2.45, 2.75) is 39.3 Å². The Morgan fingerprint density at radius 1 is 1.08 bits per heavy atom. The summed E-state index contributed by atoms with van der Waals surface area (Å²) in [4.78, 5) is 24.5. The van der Waals surface area contributed by atoms with Crippen LogP contribution in [0.15, 0.2) is 63.8 Å². The largest absolute Gasteiger partial charge is 0.419 e. The lowest BCUT2D eigenvalue weighted by molar-refractivity contribution is -0.122. The lowest BCUT2D eigenvalue weighted by Crippen LogP contribution is -2.31. The van der Waals surface area contributed by atoms with Crippen molar-refractivity contribution in [2.75, 3.05) is 0 Å². The third kappa shape index (κ3) is 4.23. The van der Waals surface area contributed by atoms with E-state index >= 15 is 0 Å². The molecule has 5 heteroatoms. The third-order valence-electron chi connectivity index (χ3n) is 4.38. The molecule has 3 rings (SSSR count). The molecule has 1 N–H and O–H groups in total. The Hall–Kier alpha value is -2.82. The number of hydrogen-bond acceptors (Lipinski definition) is 3. The minimum absolute atomic E-state index is 0.0264. The first kappa shape index (κ1) is 18.0. The van der Waals surface area contributed by atoms with E-state index in [2.05, 4.69) is 19.2 Å². The summed E-state index contributed by atoms with van der Waals surface area (Å²) in [6.07, 6.45) is 1.09. The van der Waals surface area contributed by atoms with E-state index in [-0.39, 0.29) is 18.4 Å². The third-order valence-corrected chi connectivity index (χ3v) is 4.38. The molecule has 0 aliphatic carbocycles. The Labute approximate surface area is 152 Å². The standard InChI is InChI=1S/C21H24N2O3/c1-15(2)14-17(16-8-4-3-5-9-16)22-20(24)12-13-23-18-10-6-7-11-19(18)26-21(23)25/h3-11,15,17H,12-14H2,1-2H3,(H,22,24). The van der Waals surface area contributed by atoms with Gasteiger partial charge in [-0.05, 0) is 30.0 Å². The molecule has 0 spiro atoms. The molecule has 1 heterocycles. The Morgan fingerprint density at radius 3 is 2.50 bits per heavy atom. The quantitative estimate of drug-likeness (QED) is 0.702. The second kappa shape index (κ2) is 8.04. The molecule has 5 nitrogen and oxygen atoms in total. The van der Waals surface area contributed by atoms with E-state index in [1.54, 1.807) is 6.07 Å². The SMILES string of the molecule is CC(C)CC(NC(=O)CCn1c(=O)oc2ccccc21)c1ccccc1. The van der Waals surface area contributed by atoms with E-state index in [1.807, 2.05) is 48.5 Å². The Balaban J connectivity index is 1.68. The van der Waals surface area contributed by atoms with Crippen LogP contribution in [0.3, 0.4) is 0 Å². The average molecular weight is 352 g/mol. The van der Waals surface area contributed by atoms with Crippen LogP contribution in [-0.2, 0) is 11.3 Å². The van der Waals surface area contributed by atoms with E-state index in [0.717, 1.165) is 12.0 Å². The number of carbonyl (C=O) groups excluding carboxylic acids is 1. The van der Waals surface area contributed by atoms with Gasteiger partial charge in [0.2, 0.25) is 5.91 Å². The van der Waals surface area contributed by atoms with Crippen LogP contribution < -0.4 is 11.1 Å². The zero-order valence-corrected chi connectivity index (χ0v) is 15.1. The summed E-state index contributed by atoms with van der Waals surface area (Å²) in [5, 5.41) is 3.11. The molecule has 3 aromatic rings. The van der Waals surface area contributed by atoms with Crippen molar-refractivity contribution in [3.63, 3.8) is 0 Å². The molecule has 2 aromatic carbocycles. The number of nitrogens with zero attached hydrogens (tertiary/aromatic N) is 1. The zero-order chi connectivity index (χ0) is 18.5. The molecular formula is C21H24N2O3. The van der Waals surface area contributed by atoms with Gasteiger partial charge in [0, 0.05) is 13.0 Å². The lowest BCUT2D eigenvalue weighted by Gasteiger charge is -2.21. The van der Waals surface area contributed by atoms with Crippen LogP contribution in [0, 0.1) is 5.92 Å². The summed E-state index contributed by atoms with van der Waals surface area (Å²) in [5.41, 5.74) is 2.35. The van der Waals surface area contributed by atoms with Crippen molar-refractivity contribution >= 4 is 17.0 Å². The molecule has 0 aliphatic rings. The molecule has 1 atom stereocenters. The summed E-state index contributed by atoms with van der Waals surface area (Å²) in [5.74, 6) is -0.0431. The van der Waals surface area contributed by atoms with Crippen molar-refractivity contribution in [3.05, 3.63) is 70.7 Å². The Morgan fingerprint density at radius 2 is 1.77 bits per heavy atom. The van der Waals surface area contributed by atoms with Gasteiger partial charge < -0.3 is 9.73 Å². The monoisotopic (exact) mass is 352 g/mol. The molecule has 0 fully saturated rings. The first-order valence-electron chi connectivity index (χ1n) is 8.97. The van der Waals surface area contributed by atoms with Crippen LogP contribution in [0.5, 0.6) is 0 Å². The van der Waals surface area contributed by atoms with Crippen molar-refractivity contribution < 1.29 is 9.21 Å². The van der Waals surface area contributed by atoms with E-state index in [1.165, 1.54) is 4.57 Å². The fourth-order valence-electron chi connectivity index (χ4n) is 3.14. The van der Waals surface area contributed by atoms with E-state index in [0.29, 0.717) is 23.6 Å². The van der Waals surface area contributed by atoms with Gasteiger partial charge in [-0.15, -0.1) is 0 Å². The summed E-state index contributed by atoms with van der Waals surface area (Å²) in [6, 6.07) is 17.2. The molecular weight excluding hydrogens is 328 g/mol. The van der Waals surface area contributed by atoms with E-state index in [9.17, 15) is 9.59 Å². The molecule has 26 heavy (non-hydrogen) atoms. The number of aryl methyl sites for hydroxylation is 1. The minimum atomic E-state index is -0.430. The maximum absolute atomic E-state index is 12.5. The van der Waals surface area contributed by atoms with Crippen LogP contribution in [0.4, 0.5) is 0 Å². The fraction of sp³-hybridized carbons (Fsp3) is 0.333. The fourth-order valence-corrected chi connectivity index (χ4v) is 3.14. The molecule has 1 amide bonds. The van der Waals surface area contributed by atoms with Crippen molar-refractivity contribution in [3.8, 4) is 0 Å². The predicted octanol–water partition coefficient (Wildman–Crippen LogP) is 3.89. The lowest BCUT2D eigenvalue weighted by atomic mass is 9.97. The highest BCUT2D eigenvalue weighted by Crippen LogP contribution is 2.21. The Bertz CT molecular complexity index is 925. The molecule has 0 bridgehead atoms. The number of aromatic nitrogens is 1. The van der Waals surface area contributed by atoms with Gasteiger partial charge in [-0.1, -0.05) is 56.3 Å². The minimum Gasteiger partial charge on any atom is -0.408 e. The normalized spacial score (nSPS) is 12.4. The van der Waals surface area contributed by atoms with Gasteiger partial charge in [0.05, 0.1) is 11.6 Å². The number of rotatable bonds is 7. The predicted molar refractivity (Wildman–Crippen MR) is 102 cm³/mol. The van der Waals surface area contributed by atoms with Gasteiger partial charge in [0.1, 0.15) is 0 Å². The van der Waals surface area contributed by atoms with E-state index < -0.39 is 5.76 Å². The first-order valence-corrected chi connectivity index (χ1v) is 8.97. The zero-order valence-electron chi connectivity index (χ0n) is 15.1. The molecule has 0 radical (unpaired) electrons. The van der Waals surface area contributed by atoms with Crippen LogP contribution in [0.2, 0.25) is 0 Å². The van der Waals surface area contributed by atoms with Crippen LogP contribution >= 0.6 is 0 Å². The van der Waals surface area contributed by atoms with Gasteiger partial charge in [0.15, 0.2) is 5.58 Å². The number of fused-ring (bicyclic) bond motifs is 1. The maximum Gasteiger partial charge on any atom is 0.419 e. The topological polar surface area (TPSA) is 64.2 Å². The summed E-state index contributed by atoms with van der Waals surface area (Å²) >= 11 is 0. The number of oxazole rings is 1. The van der Waals surface area contributed by atoms with Gasteiger partial charge in [-0.2, -0.15) is 0 Å². The van der Waals surface area contributed by atoms with Gasteiger partial charge in [-0.3, -0.25) is 9.36 Å². The number of benzene rings is 2. The number of nitrogens with one attached hydrogen (secondary N) is 1.